The van der Waals surface area contributed by atoms with Crippen molar-refractivity contribution in [3.05, 3.63) is 33.9 Å². The molecule has 0 spiro atoms. The number of nitrogens with one attached hydrogen (secondary N) is 1. The van der Waals surface area contributed by atoms with E-state index in [0.717, 1.165) is 44.6 Å². The topological polar surface area (TPSA) is 78.6 Å². The van der Waals surface area contributed by atoms with Gasteiger partial charge in [-0.1, -0.05) is 19.4 Å². The highest BCUT2D eigenvalue weighted by atomic mass is 35.5. The molecule has 0 saturated carbocycles. The van der Waals surface area contributed by atoms with Crippen LogP contribution in [0, 0.1) is 10.1 Å². The molecule has 1 saturated heterocycles. The summed E-state index contributed by atoms with van der Waals surface area (Å²) < 4.78 is 0. The van der Waals surface area contributed by atoms with Crippen molar-refractivity contribution >= 4 is 30.5 Å². The van der Waals surface area contributed by atoms with E-state index in [1.165, 1.54) is 12.1 Å². The number of aromatic hydroxyl groups is 1. The van der Waals surface area contributed by atoms with Crippen molar-refractivity contribution in [2.24, 2.45) is 0 Å². The molecular formula is C14H23Cl2N3O3. The van der Waals surface area contributed by atoms with Crippen molar-refractivity contribution in [2.45, 2.75) is 25.8 Å². The molecule has 2 N–H and O–H groups in total. The van der Waals surface area contributed by atoms with E-state index in [4.69, 9.17) is 0 Å². The maximum absolute atomic E-state index is 11.0. The lowest BCUT2D eigenvalue weighted by molar-refractivity contribution is -0.386. The normalized spacial score (nSPS) is 16.2. The molecule has 1 heterocycles. The van der Waals surface area contributed by atoms with E-state index in [-0.39, 0.29) is 42.3 Å². The molecular weight excluding hydrogens is 329 g/mol. The smallest absolute Gasteiger partial charge is 0.311 e. The molecule has 8 heteroatoms. The quantitative estimate of drug-likeness (QED) is 0.629. The van der Waals surface area contributed by atoms with Crippen molar-refractivity contribution in [1.82, 2.24) is 10.2 Å². The molecule has 0 amide bonds. The average Bonchev–Trinajstić information content (AvgIpc) is 2.46. The first-order valence-electron chi connectivity index (χ1n) is 7.05. The van der Waals surface area contributed by atoms with Gasteiger partial charge in [0.25, 0.3) is 0 Å². The number of nitro groups is 1. The van der Waals surface area contributed by atoms with E-state index >= 15 is 0 Å². The van der Waals surface area contributed by atoms with E-state index in [2.05, 4.69) is 17.1 Å². The van der Waals surface area contributed by atoms with Crippen molar-refractivity contribution in [1.29, 1.82) is 0 Å². The van der Waals surface area contributed by atoms with Crippen LogP contribution in [0.2, 0.25) is 0 Å². The van der Waals surface area contributed by atoms with Crippen LogP contribution in [0.3, 0.4) is 0 Å². The van der Waals surface area contributed by atoms with Crippen LogP contribution in [-0.4, -0.2) is 41.1 Å². The number of phenolic OH excluding ortho intramolecular Hbond substituents is 1. The van der Waals surface area contributed by atoms with Crippen molar-refractivity contribution in [3.8, 4) is 5.75 Å². The number of nitrogens with zero attached hydrogens (tertiary/aromatic N) is 2. The summed E-state index contributed by atoms with van der Waals surface area (Å²) in [6.45, 7) is 5.89. The van der Waals surface area contributed by atoms with Gasteiger partial charge in [-0.3, -0.25) is 15.0 Å². The summed E-state index contributed by atoms with van der Waals surface area (Å²) in [7, 11) is 0. The molecule has 1 aliphatic rings. The Balaban J connectivity index is 0.00000220. The summed E-state index contributed by atoms with van der Waals surface area (Å²) >= 11 is 0. The molecule has 1 aromatic rings. The highest BCUT2D eigenvalue weighted by Crippen LogP contribution is 2.33. The van der Waals surface area contributed by atoms with Gasteiger partial charge in [-0.2, -0.15) is 0 Å². The SMILES string of the molecule is CCC[C@H](c1ccc(O)c([N+](=O)[O-])c1)N1CCNCC1.Cl.Cl. The van der Waals surface area contributed by atoms with Gasteiger partial charge in [0, 0.05) is 38.3 Å². The zero-order chi connectivity index (χ0) is 14.5. The maximum atomic E-state index is 11.0. The molecule has 1 aromatic carbocycles. The minimum absolute atomic E-state index is 0. The van der Waals surface area contributed by atoms with Gasteiger partial charge < -0.3 is 10.4 Å². The van der Waals surface area contributed by atoms with E-state index in [9.17, 15) is 15.2 Å². The maximum Gasteiger partial charge on any atom is 0.311 e. The minimum atomic E-state index is -0.528. The third-order valence-electron chi connectivity index (χ3n) is 3.74. The van der Waals surface area contributed by atoms with Crippen LogP contribution >= 0.6 is 24.8 Å². The minimum Gasteiger partial charge on any atom is -0.502 e. The van der Waals surface area contributed by atoms with Gasteiger partial charge in [0.15, 0.2) is 5.75 Å². The van der Waals surface area contributed by atoms with Crippen LogP contribution in [-0.2, 0) is 0 Å². The number of benzene rings is 1. The van der Waals surface area contributed by atoms with E-state index in [1.807, 2.05) is 0 Å². The lowest BCUT2D eigenvalue weighted by Crippen LogP contribution is -2.45. The summed E-state index contributed by atoms with van der Waals surface area (Å²) in [6, 6.07) is 4.92. The predicted octanol–water partition coefficient (Wildman–Crippen LogP) is 2.89. The Morgan fingerprint density at radius 2 is 2.00 bits per heavy atom. The standard InChI is InChI=1S/C14H21N3O3.2ClH/c1-2-3-12(16-8-6-15-7-9-16)11-4-5-14(18)13(10-11)17(19)20;;/h4-5,10,12,15,18H,2-3,6-9H2,1H3;2*1H/t12-;;/m1../s1. The lowest BCUT2D eigenvalue weighted by atomic mass is 9.99. The van der Waals surface area contributed by atoms with Gasteiger partial charge in [0.2, 0.25) is 0 Å². The van der Waals surface area contributed by atoms with Gasteiger partial charge in [0.1, 0.15) is 0 Å². The number of nitro benzene ring substituents is 1. The third kappa shape index (κ3) is 4.98. The molecule has 0 radical (unpaired) electrons. The number of phenols is 1. The highest BCUT2D eigenvalue weighted by Gasteiger charge is 2.24. The molecule has 6 nitrogen and oxygen atoms in total. The largest absolute Gasteiger partial charge is 0.502 e. The van der Waals surface area contributed by atoms with Gasteiger partial charge in [-0.25, -0.2) is 0 Å². The third-order valence-corrected chi connectivity index (χ3v) is 3.74. The molecule has 0 aromatic heterocycles. The Hall–Kier alpha value is -1.08. The predicted molar refractivity (Wildman–Crippen MR) is 91.3 cm³/mol. The van der Waals surface area contributed by atoms with Crippen LogP contribution in [0.1, 0.15) is 31.4 Å². The molecule has 0 unspecified atom stereocenters. The molecule has 0 aliphatic carbocycles. The zero-order valence-electron chi connectivity index (χ0n) is 12.5. The second kappa shape index (κ2) is 9.84. The van der Waals surface area contributed by atoms with Gasteiger partial charge >= 0.3 is 5.69 Å². The average molecular weight is 352 g/mol. The summed E-state index contributed by atoms with van der Waals surface area (Å²) in [4.78, 5) is 12.8. The molecule has 1 atom stereocenters. The van der Waals surface area contributed by atoms with Crippen LogP contribution < -0.4 is 5.32 Å². The van der Waals surface area contributed by atoms with Gasteiger partial charge in [-0.05, 0) is 18.1 Å². The summed E-state index contributed by atoms with van der Waals surface area (Å²) in [5, 5.41) is 23.8. The molecule has 22 heavy (non-hydrogen) atoms. The fourth-order valence-corrected chi connectivity index (χ4v) is 2.72. The lowest BCUT2D eigenvalue weighted by Gasteiger charge is -2.35. The second-order valence-electron chi connectivity index (χ2n) is 5.10. The number of hydrogen-bond acceptors (Lipinski definition) is 5. The van der Waals surface area contributed by atoms with E-state index < -0.39 is 4.92 Å². The van der Waals surface area contributed by atoms with Crippen molar-refractivity contribution in [3.63, 3.8) is 0 Å². The Bertz CT molecular complexity index is 482. The Morgan fingerprint density at radius 1 is 1.36 bits per heavy atom. The molecule has 2 rings (SSSR count). The van der Waals surface area contributed by atoms with Crippen molar-refractivity contribution < 1.29 is 10.0 Å². The van der Waals surface area contributed by atoms with Crippen LogP contribution in [0.25, 0.3) is 0 Å². The first kappa shape index (κ1) is 20.9. The first-order chi connectivity index (χ1) is 9.63. The fourth-order valence-electron chi connectivity index (χ4n) is 2.72. The van der Waals surface area contributed by atoms with Gasteiger partial charge in [0.05, 0.1) is 4.92 Å². The molecule has 126 valence electrons. The summed E-state index contributed by atoms with van der Waals surface area (Å²) in [5.41, 5.74) is 0.706. The summed E-state index contributed by atoms with van der Waals surface area (Å²) in [6.07, 6.45) is 1.98. The van der Waals surface area contributed by atoms with Crippen LogP contribution in [0.5, 0.6) is 5.75 Å². The Kier molecular flexibility index (Phi) is 9.36. The zero-order valence-corrected chi connectivity index (χ0v) is 14.2. The molecule has 1 aliphatic heterocycles. The highest BCUT2D eigenvalue weighted by molar-refractivity contribution is 5.85. The molecule has 1 fully saturated rings. The van der Waals surface area contributed by atoms with Crippen LogP contribution in [0.15, 0.2) is 18.2 Å². The number of rotatable bonds is 5. The number of piperazine rings is 1. The number of hydrogen-bond donors (Lipinski definition) is 2. The molecule has 0 bridgehead atoms. The summed E-state index contributed by atoms with van der Waals surface area (Å²) in [5.74, 6) is -0.269. The first-order valence-corrected chi connectivity index (χ1v) is 7.05. The van der Waals surface area contributed by atoms with E-state index in [0.29, 0.717) is 0 Å². The van der Waals surface area contributed by atoms with Gasteiger partial charge in [-0.15, -0.1) is 24.8 Å². The van der Waals surface area contributed by atoms with Crippen LogP contribution in [0.4, 0.5) is 5.69 Å². The Morgan fingerprint density at radius 3 is 2.55 bits per heavy atom. The van der Waals surface area contributed by atoms with Crippen molar-refractivity contribution in [2.75, 3.05) is 26.2 Å². The fraction of sp³-hybridized carbons (Fsp3) is 0.571. The Labute approximate surface area is 142 Å². The second-order valence-corrected chi connectivity index (χ2v) is 5.10. The number of halogens is 2. The van der Waals surface area contributed by atoms with E-state index in [1.54, 1.807) is 6.07 Å². The monoisotopic (exact) mass is 351 g/mol.